The van der Waals surface area contributed by atoms with Crippen molar-refractivity contribution in [1.82, 2.24) is 4.98 Å². The van der Waals surface area contributed by atoms with E-state index >= 15 is 0 Å². The maximum atomic E-state index is 12.7. The minimum absolute atomic E-state index is 0.0157. The first-order valence-corrected chi connectivity index (χ1v) is 11.2. The minimum atomic E-state index is -0.171. The topological polar surface area (TPSA) is 83.6 Å². The number of ether oxygens (including phenoxy) is 1. The molecule has 2 aromatic carbocycles. The molecule has 0 bridgehead atoms. The average Bonchev–Trinajstić information content (AvgIpc) is 3.30. The van der Waals surface area contributed by atoms with Crippen molar-refractivity contribution >= 4 is 39.7 Å². The highest BCUT2D eigenvalue weighted by Crippen LogP contribution is 2.29. The molecule has 1 aromatic heterocycles. The van der Waals surface area contributed by atoms with Gasteiger partial charge in [-0.1, -0.05) is 12.1 Å². The molecule has 7 nitrogen and oxygen atoms in total. The lowest BCUT2D eigenvalue weighted by Gasteiger charge is -2.26. The fourth-order valence-corrected chi connectivity index (χ4v) is 4.64. The Bertz CT molecular complexity index is 1120. The summed E-state index contributed by atoms with van der Waals surface area (Å²) in [7, 11) is 0. The molecule has 2 N–H and O–H groups in total. The Morgan fingerprint density at radius 2 is 1.90 bits per heavy atom. The van der Waals surface area contributed by atoms with Crippen molar-refractivity contribution in [2.24, 2.45) is 0 Å². The molecule has 31 heavy (non-hydrogen) atoms. The number of aryl methyl sites for hydroxylation is 1. The number of morpholine rings is 1. The van der Waals surface area contributed by atoms with Gasteiger partial charge < -0.3 is 20.3 Å². The van der Waals surface area contributed by atoms with Crippen molar-refractivity contribution in [3.63, 3.8) is 0 Å². The molecule has 0 radical (unpaired) electrons. The predicted octanol–water partition coefficient (Wildman–Crippen LogP) is 3.78. The molecule has 0 unspecified atom stereocenters. The van der Waals surface area contributed by atoms with Crippen LogP contribution >= 0.6 is 11.3 Å². The number of hydrogen-bond donors (Lipinski definition) is 2. The van der Waals surface area contributed by atoms with E-state index in [-0.39, 0.29) is 11.8 Å². The molecule has 2 aliphatic rings. The standard InChI is InChI=1S/C23H22N4O3S/c28-21-8-4-16-13-17(3-7-19(16)25-21)22(29)24-18-5-1-15(2-6-18)20-14-31-23(26-20)27-9-11-30-12-10-27/h1-3,5-7,13-14H,4,8-12H2,(H,24,29)(H,25,28). The summed E-state index contributed by atoms with van der Waals surface area (Å²) in [5.74, 6) is -0.155. The number of carbonyl (C=O) groups is 2. The molecule has 5 rings (SSSR count). The summed E-state index contributed by atoms with van der Waals surface area (Å²) < 4.78 is 5.41. The molecule has 2 amide bonds. The maximum absolute atomic E-state index is 12.7. The highest BCUT2D eigenvalue weighted by atomic mass is 32.1. The van der Waals surface area contributed by atoms with Crippen molar-refractivity contribution in [2.75, 3.05) is 41.8 Å². The molecule has 8 heteroatoms. The van der Waals surface area contributed by atoms with Gasteiger partial charge >= 0.3 is 0 Å². The fraction of sp³-hybridized carbons (Fsp3) is 0.261. The van der Waals surface area contributed by atoms with E-state index in [1.807, 2.05) is 30.3 Å². The molecule has 3 heterocycles. The number of aromatic nitrogens is 1. The normalized spacial score (nSPS) is 15.9. The smallest absolute Gasteiger partial charge is 0.255 e. The Labute approximate surface area is 184 Å². The number of carbonyl (C=O) groups excluding carboxylic acids is 2. The first kappa shape index (κ1) is 19.7. The molecule has 0 saturated carbocycles. The summed E-state index contributed by atoms with van der Waals surface area (Å²) in [5, 5.41) is 8.85. The summed E-state index contributed by atoms with van der Waals surface area (Å²) in [4.78, 5) is 31.2. The van der Waals surface area contributed by atoms with Crippen LogP contribution in [0.1, 0.15) is 22.3 Å². The van der Waals surface area contributed by atoms with Crippen LogP contribution in [0.25, 0.3) is 11.3 Å². The van der Waals surface area contributed by atoms with E-state index in [1.165, 1.54) is 0 Å². The van der Waals surface area contributed by atoms with Crippen LogP contribution in [0.3, 0.4) is 0 Å². The maximum Gasteiger partial charge on any atom is 0.255 e. The molecular weight excluding hydrogens is 412 g/mol. The van der Waals surface area contributed by atoms with Crippen molar-refractivity contribution in [3.05, 3.63) is 59.0 Å². The predicted molar refractivity (Wildman–Crippen MR) is 122 cm³/mol. The van der Waals surface area contributed by atoms with Gasteiger partial charge in [0.05, 0.1) is 18.9 Å². The number of fused-ring (bicyclic) bond motifs is 1. The fourth-order valence-electron chi connectivity index (χ4n) is 3.75. The number of anilines is 3. The van der Waals surface area contributed by atoms with Crippen LogP contribution in [0.2, 0.25) is 0 Å². The Kier molecular flexibility index (Phi) is 5.40. The second kappa shape index (κ2) is 8.49. The van der Waals surface area contributed by atoms with E-state index in [0.29, 0.717) is 18.4 Å². The first-order valence-electron chi connectivity index (χ1n) is 10.3. The number of rotatable bonds is 4. The van der Waals surface area contributed by atoms with E-state index in [9.17, 15) is 9.59 Å². The van der Waals surface area contributed by atoms with Gasteiger partial charge in [0, 0.05) is 47.4 Å². The molecule has 3 aromatic rings. The summed E-state index contributed by atoms with van der Waals surface area (Å²) in [6.45, 7) is 3.21. The number of nitrogens with one attached hydrogen (secondary N) is 2. The highest BCUT2D eigenvalue weighted by Gasteiger charge is 2.17. The van der Waals surface area contributed by atoms with Crippen LogP contribution in [0.15, 0.2) is 47.8 Å². The Morgan fingerprint density at radius 1 is 1.10 bits per heavy atom. The monoisotopic (exact) mass is 434 g/mol. The Morgan fingerprint density at radius 3 is 2.71 bits per heavy atom. The minimum Gasteiger partial charge on any atom is -0.378 e. The van der Waals surface area contributed by atoms with Gasteiger partial charge in [-0.05, 0) is 42.3 Å². The second-order valence-electron chi connectivity index (χ2n) is 7.57. The van der Waals surface area contributed by atoms with Crippen LogP contribution in [0.5, 0.6) is 0 Å². The Balaban J connectivity index is 1.26. The van der Waals surface area contributed by atoms with Crippen molar-refractivity contribution < 1.29 is 14.3 Å². The van der Waals surface area contributed by atoms with Gasteiger partial charge in [0.25, 0.3) is 5.91 Å². The van der Waals surface area contributed by atoms with E-state index in [2.05, 4.69) is 20.9 Å². The van der Waals surface area contributed by atoms with Gasteiger partial charge in [0.15, 0.2) is 5.13 Å². The van der Waals surface area contributed by atoms with Crippen LogP contribution in [0.4, 0.5) is 16.5 Å². The molecule has 158 valence electrons. The largest absolute Gasteiger partial charge is 0.378 e. The molecule has 2 aliphatic heterocycles. The lowest BCUT2D eigenvalue weighted by atomic mass is 10.00. The number of thiazole rings is 1. The van der Waals surface area contributed by atoms with Crippen LogP contribution in [0, 0.1) is 0 Å². The summed E-state index contributed by atoms with van der Waals surface area (Å²) in [6, 6.07) is 13.1. The zero-order chi connectivity index (χ0) is 21.2. The van der Waals surface area contributed by atoms with Gasteiger partial charge in [-0.3, -0.25) is 9.59 Å². The summed E-state index contributed by atoms with van der Waals surface area (Å²) >= 11 is 1.64. The third-order valence-electron chi connectivity index (χ3n) is 5.48. The Hall–Kier alpha value is -3.23. The second-order valence-corrected chi connectivity index (χ2v) is 8.40. The van der Waals surface area contributed by atoms with Crippen molar-refractivity contribution in [2.45, 2.75) is 12.8 Å². The van der Waals surface area contributed by atoms with Gasteiger partial charge in [-0.2, -0.15) is 0 Å². The lowest BCUT2D eigenvalue weighted by molar-refractivity contribution is -0.116. The quantitative estimate of drug-likeness (QED) is 0.653. The van der Waals surface area contributed by atoms with Gasteiger partial charge in [0.1, 0.15) is 0 Å². The SMILES string of the molecule is O=C1CCc2cc(C(=O)Nc3ccc(-c4csc(N5CCOCC5)n4)cc3)ccc2N1. The molecule has 0 spiro atoms. The molecular formula is C23H22N4O3S. The zero-order valence-electron chi connectivity index (χ0n) is 16.9. The number of nitrogens with zero attached hydrogens (tertiary/aromatic N) is 2. The first-order chi connectivity index (χ1) is 15.2. The van der Waals surface area contributed by atoms with E-state index in [1.54, 1.807) is 23.5 Å². The summed E-state index contributed by atoms with van der Waals surface area (Å²) in [5.41, 5.74) is 5.02. The number of hydrogen-bond acceptors (Lipinski definition) is 6. The van der Waals surface area contributed by atoms with Crippen LogP contribution < -0.4 is 15.5 Å². The highest BCUT2D eigenvalue weighted by molar-refractivity contribution is 7.14. The number of amides is 2. The third kappa shape index (κ3) is 4.30. The molecule has 1 fully saturated rings. The molecule has 0 atom stereocenters. The molecule has 0 aliphatic carbocycles. The third-order valence-corrected chi connectivity index (χ3v) is 6.38. The lowest BCUT2D eigenvalue weighted by Crippen LogP contribution is -2.36. The van der Waals surface area contributed by atoms with E-state index in [0.717, 1.165) is 59.6 Å². The number of benzene rings is 2. The van der Waals surface area contributed by atoms with Crippen molar-refractivity contribution in [1.29, 1.82) is 0 Å². The average molecular weight is 435 g/mol. The van der Waals surface area contributed by atoms with Crippen molar-refractivity contribution in [3.8, 4) is 11.3 Å². The zero-order valence-corrected chi connectivity index (χ0v) is 17.7. The van der Waals surface area contributed by atoms with Gasteiger partial charge in [-0.15, -0.1) is 11.3 Å². The van der Waals surface area contributed by atoms with Gasteiger partial charge in [-0.25, -0.2) is 4.98 Å². The van der Waals surface area contributed by atoms with Crippen LogP contribution in [-0.2, 0) is 16.0 Å². The van der Waals surface area contributed by atoms with E-state index in [4.69, 9.17) is 9.72 Å². The van der Waals surface area contributed by atoms with Crippen LogP contribution in [-0.4, -0.2) is 43.1 Å². The summed E-state index contributed by atoms with van der Waals surface area (Å²) in [6.07, 6.45) is 1.10. The molecule has 1 saturated heterocycles. The van der Waals surface area contributed by atoms with E-state index < -0.39 is 0 Å². The van der Waals surface area contributed by atoms with Gasteiger partial charge in [0.2, 0.25) is 5.91 Å².